The van der Waals surface area contributed by atoms with Crippen molar-refractivity contribution in [3.63, 3.8) is 0 Å². The van der Waals surface area contributed by atoms with Crippen LogP contribution in [0.15, 0.2) is 18.2 Å². The van der Waals surface area contributed by atoms with E-state index in [0.717, 1.165) is 4.70 Å². The van der Waals surface area contributed by atoms with Gasteiger partial charge in [-0.05, 0) is 18.2 Å². The van der Waals surface area contributed by atoms with Crippen molar-refractivity contribution in [2.45, 2.75) is 6.61 Å². The first-order chi connectivity index (χ1) is 6.22. The summed E-state index contributed by atoms with van der Waals surface area (Å²) in [6.07, 6.45) is 0. The molecule has 68 valence electrons. The molecule has 0 spiro atoms. The Bertz CT molecular complexity index is 452. The fourth-order valence-electron chi connectivity index (χ4n) is 1.27. The predicted molar refractivity (Wildman–Crippen MR) is 52.7 cm³/mol. The zero-order valence-electron chi connectivity index (χ0n) is 6.55. The molecule has 13 heavy (non-hydrogen) atoms. The van der Waals surface area contributed by atoms with Crippen molar-refractivity contribution in [1.82, 2.24) is 0 Å². The molecule has 0 aliphatic carbocycles. The van der Waals surface area contributed by atoms with Crippen molar-refractivity contribution in [3.05, 3.63) is 33.9 Å². The molecule has 0 saturated heterocycles. The van der Waals surface area contributed by atoms with E-state index in [1.165, 1.54) is 17.4 Å². The quantitative estimate of drug-likeness (QED) is 0.776. The van der Waals surface area contributed by atoms with Crippen LogP contribution in [-0.4, -0.2) is 5.11 Å². The summed E-state index contributed by atoms with van der Waals surface area (Å²) < 4.78 is 14.6. The number of benzene rings is 1. The number of fused-ring (bicyclic) bond motifs is 1. The largest absolute Gasteiger partial charge is 0.392 e. The molecule has 4 heteroatoms. The van der Waals surface area contributed by atoms with Crippen LogP contribution in [0.25, 0.3) is 10.1 Å². The van der Waals surface area contributed by atoms with E-state index in [-0.39, 0.29) is 12.4 Å². The van der Waals surface area contributed by atoms with E-state index in [1.54, 1.807) is 12.1 Å². The first-order valence-electron chi connectivity index (χ1n) is 3.69. The molecule has 1 aromatic heterocycles. The summed E-state index contributed by atoms with van der Waals surface area (Å²) in [6, 6.07) is 4.69. The standard InChI is InChI=1S/C9H6ClFOS/c10-9-3-5-6(4-12)7(11)1-2-8(5)13-9/h1-3,12H,4H2. The van der Waals surface area contributed by atoms with Gasteiger partial charge in [-0.1, -0.05) is 11.6 Å². The number of aliphatic hydroxyl groups excluding tert-OH is 1. The number of rotatable bonds is 1. The van der Waals surface area contributed by atoms with Crippen LogP contribution < -0.4 is 0 Å². The highest BCUT2D eigenvalue weighted by Gasteiger charge is 2.08. The second-order valence-electron chi connectivity index (χ2n) is 2.65. The molecule has 1 N–H and O–H groups in total. The van der Waals surface area contributed by atoms with Gasteiger partial charge in [0.25, 0.3) is 0 Å². The number of halogens is 2. The van der Waals surface area contributed by atoms with Gasteiger partial charge in [-0.15, -0.1) is 11.3 Å². The molecule has 0 saturated carbocycles. The molecular formula is C9H6ClFOS. The Labute approximate surface area is 83.4 Å². The summed E-state index contributed by atoms with van der Waals surface area (Å²) in [5.74, 6) is -0.385. The van der Waals surface area contributed by atoms with Gasteiger partial charge >= 0.3 is 0 Å². The Balaban J connectivity index is 2.82. The van der Waals surface area contributed by atoms with Gasteiger partial charge in [-0.25, -0.2) is 4.39 Å². The van der Waals surface area contributed by atoms with Crippen molar-refractivity contribution >= 4 is 33.0 Å². The van der Waals surface area contributed by atoms with E-state index < -0.39 is 0 Å². The summed E-state index contributed by atoms with van der Waals surface area (Å²) in [6.45, 7) is -0.295. The van der Waals surface area contributed by atoms with Crippen LogP contribution in [-0.2, 0) is 6.61 Å². The normalized spacial score (nSPS) is 11.0. The third-order valence-electron chi connectivity index (χ3n) is 1.88. The Morgan fingerprint density at radius 2 is 2.23 bits per heavy atom. The molecule has 2 rings (SSSR count). The minimum atomic E-state index is -0.385. The SMILES string of the molecule is OCc1c(F)ccc2sc(Cl)cc12. The molecule has 1 heterocycles. The molecule has 1 nitrogen and oxygen atoms in total. The Morgan fingerprint density at radius 1 is 1.46 bits per heavy atom. The number of thiophene rings is 1. The Hall–Kier alpha value is -0.640. The highest BCUT2D eigenvalue weighted by atomic mass is 35.5. The minimum absolute atomic E-state index is 0.295. The fourth-order valence-corrected chi connectivity index (χ4v) is 2.45. The van der Waals surface area contributed by atoms with Gasteiger partial charge in [0.1, 0.15) is 5.82 Å². The third-order valence-corrected chi connectivity index (χ3v) is 3.11. The Kier molecular flexibility index (Phi) is 2.24. The van der Waals surface area contributed by atoms with E-state index >= 15 is 0 Å². The maximum absolute atomic E-state index is 13.1. The number of hydrogen-bond acceptors (Lipinski definition) is 2. The molecule has 0 radical (unpaired) electrons. The molecule has 0 bridgehead atoms. The molecule has 0 amide bonds. The van der Waals surface area contributed by atoms with Crippen LogP contribution in [0.4, 0.5) is 4.39 Å². The van der Waals surface area contributed by atoms with E-state index in [4.69, 9.17) is 16.7 Å². The monoisotopic (exact) mass is 216 g/mol. The molecule has 0 aliphatic heterocycles. The van der Waals surface area contributed by atoms with Crippen LogP contribution >= 0.6 is 22.9 Å². The first-order valence-corrected chi connectivity index (χ1v) is 4.89. The van der Waals surface area contributed by atoms with E-state index in [2.05, 4.69) is 0 Å². The van der Waals surface area contributed by atoms with Crippen LogP contribution in [0.1, 0.15) is 5.56 Å². The second-order valence-corrected chi connectivity index (χ2v) is 4.36. The van der Waals surface area contributed by atoms with E-state index in [0.29, 0.717) is 15.3 Å². The van der Waals surface area contributed by atoms with Gasteiger partial charge in [0.15, 0.2) is 0 Å². The summed E-state index contributed by atoms with van der Waals surface area (Å²) in [5, 5.41) is 9.65. The summed E-state index contributed by atoms with van der Waals surface area (Å²) in [4.78, 5) is 0. The van der Waals surface area contributed by atoms with Crippen LogP contribution in [0.2, 0.25) is 4.34 Å². The lowest BCUT2D eigenvalue weighted by Gasteiger charge is -1.99. The maximum Gasteiger partial charge on any atom is 0.129 e. The third kappa shape index (κ3) is 1.43. The van der Waals surface area contributed by atoms with E-state index in [1.807, 2.05) is 0 Å². The van der Waals surface area contributed by atoms with Crippen LogP contribution in [0.5, 0.6) is 0 Å². The molecular weight excluding hydrogens is 211 g/mol. The van der Waals surface area contributed by atoms with Gasteiger partial charge in [-0.2, -0.15) is 0 Å². The summed E-state index contributed by atoms with van der Waals surface area (Å²) in [5.41, 5.74) is 0.320. The van der Waals surface area contributed by atoms with Gasteiger partial charge in [0.05, 0.1) is 10.9 Å². The minimum Gasteiger partial charge on any atom is -0.392 e. The van der Waals surface area contributed by atoms with Crippen molar-refractivity contribution in [2.75, 3.05) is 0 Å². The topological polar surface area (TPSA) is 20.2 Å². The second kappa shape index (κ2) is 3.25. The average molecular weight is 217 g/mol. The zero-order valence-corrected chi connectivity index (χ0v) is 8.12. The fraction of sp³-hybridized carbons (Fsp3) is 0.111. The van der Waals surface area contributed by atoms with Crippen molar-refractivity contribution < 1.29 is 9.50 Å². The highest BCUT2D eigenvalue weighted by molar-refractivity contribution is 7.22. The first kappa shape index (κ1) is 8.94. The lowest BCUT2D eigenvalue weighted by molar-refractivity contribution is 0.277. The molecule has 0 fully saturated rings. The van der Waals surface area contributed by atoms with Crippen molar-refractivity contribution in [3.8, 4) is 0 Å². The molecule has 0 unspecified atom stereocenters. The lowest BCUT2D eigenvalue weighted by atomic mass is 10.1. The number of aliphatic hydroxyl groups is 1. The molecule has 0 aliphatic rings. The lowest BCUT2D eigenvalue weighted by Crippen LogP contribution is -1.88. The average Bonchev–Trinajstić information content (AvgIpc) is 2.45. The highest BCUT2D eigenvalue weighted by Crippen LogP contribution is 2.32. The molecule has 2 aromatic rings. The van der Waals surface area contributed by atoms with Crippen molar-refractivity contribution in [1.29, 1.82) is 0 Å². The zero-order chi connectivity index (χ0) is 9.42. The predicted octanol–water partition coefficient (Wildman–Crippen LogP) is 3.19. The smallest absolute Gasteiger partial charge is 0.129 e. The number of hydrogen-bond donors (Lipinski definition) is 1. The van der Waals surface area contributed by atoms with E-state index in [9.17, 15) is 4.39 Å². The van der Waals surface area contributed by atoms with Gasteiger partial charge in [0, 0.05) is 15.6 Å². The summed E-state index contributed by atoms with van der Waals surface area (Å²) in [7, 11) is 0. The van der Waals surface area contributed by atoms with Gasteiger partial charge in [-0.3, -0.25) is 0 Å². The maximum atomic E-state index is 13.1. The van der Waals surface area contributed by atoms with Gasteiger partial charge < -0.3 is 5.11 Å². The van der Waals surface area contributed by atoms with Crippen LogP contribution in [0, 0.1) is 5.82 Å². The van der Waals surface area contributed by atoms with Crippen molar-refractivity contribution in [2.24, 2.45) is 0 Å². The van der Waals surface area contributed by atoms with Crippen LogP contribution in [0.3, 0.4) is 0 Å². The Morgan fingerprint density at radius 3 is 2.92 bits per heavy atom. The molecule has 0 atom stereocenters. The molecule has 1 aromatic carbocycles. The summed E-state index contributed by atoms with van der Waals surface area (Å²) >= 11 is 7.16. The van der Waals surface area contributed by atoms with Gasteiger partial charge in [0.2, 0.25) is 0 Å².